The van der Waals surface area contributed by atoms with E-state index in [9.17, 15) is 4.79 Å². The molecule has 0 amide bonds. The summed E-state index contributed by atoms with van der Waals surface area (Å²) >= 11 is 1.30. The molecule has 0 bridgehead atoms. The van der Waals surface area contributed by atoms with Gasteiger partial charge in [-0.15, -0.1) is 11.3 Å². The fraction of sp³-hybridized carbons (Fsp3) is 0. The first-order chi connectivity index (χ1) is 7.84. The van der Waals surface area contributed by atoms with E-state index in [1.807, 2.05) is 18.2 Å². The molecule has 0 atom stereocenters. The van der Waals surface area contributed by atoms with Crippen molar-refractivity contribution in [1.82, 2.24) is 19.9 Å². The zero-order valence-corrected chi connectivity index (χ0v) is 8.86. The first-order valence-electron chi connectivity index (χ1n) is 4.60. The van der Waals surface area contributed by atoms with Gasteiger partial charge in [-0.25, -0.2) is 9.97 Å². The molecule has 0 unspecified atom stereocenters. The number of rotatable bonds is 1. The van der Waals surface area contributed by atoms with E-state index in [-0.39, 0.29) is 5.56 Å². The van der Waals surface area contributed by atoms with E-state index in [1.54, 1.807) is 6.20 Å². The zero-order valence-electron chi connectivity index (χ0n) is 8.04. The Morgan fingerprint density at radius 1 is 1.25 bits per heavy atom. The van der Waals surface area contributed by atoms with E-state index in [4.69, 9.17) is 0 Å². The second kappa shape index (κ2) is 3.49. The van der Waals surface area contributed by atoms with Crippen molar-refractivity contribution >= 4 is 21.7 Å². The van der Waals surface area contributed by atoms with Gasteiger partial charge in [-0.05, 0) is 12.1 Å². The maximum absolute atomic E-state index is 11.5. The Labute approximate surface area is 93.9 Å². The van der Waals surface area contributed by atoms with Crippen LogP contribution in [0.4, 0.5) is 0 Å². The van der Waals surface area contributed by atoms with Gasteiger partial charge in [0.15, 0.2) is 5.65 Å². The average molecular weight is 230 g/mol. The fourth-order valence-electron chi connectivity index (χ4n) is 1.36. The first-order valence-corrected chi connectivity index (χ1v) is 5.42. The number of hydrogen-bond donors (Lipinski definition) is 1. The van der Waals surface area contributed by atoms with Crippen LogP contribution >= 0.6 is 11.3 Å². The third-order valence-electron chi connectivity index (χ3n) is 2.08. The Morgan fingerprint density at radius 3 is 2.94 bits per heavy atom. The lowest BCUT2D eigenvalue weighted by molar-refractivity contribution is 1.16. The van der Waals surface area contributed by atoms with Gasteiger partial charge in [-0.3, -0.25) is 9.78 Å². The van der Waals surface area contributed by atoms with Crippen LogP contribution in [0.3, 0.4) is 0 Å². The Balaban J connectivity index is 2.28. The van der Waals surface area contributed by atoms with Gasteiger partial charge in [0.1, 0.15) is 9.71 Å². The minimum Gasteiger partial charge on any atom is -0.312 e. The minimum absolute atomic E-state index is 0.162. The van der Waals surface area contributed by atoms with Crippen LogP contribution in [0.2, 0.25) is 0 Å². The summed E-state index contributed by atoms with van der Waals surface area (Å²) in [5.74, 6) is 0. The van der Waals surface area contributed by atoms with Crippen LogP contribution in [0.5, 0.6) is 0 Å². The molecule has 0 fully saturated rings. The molecule has 3 aromatic heterocycles. The summed E-state index contributed by atoms with van der Waals surface area (Å²) in [6, 6.07) is 5.57. The number of fused-ring (bicyclic) bond motifs is 1. The predicted molar refractivity (Wildman–Crippen MR) is 61.3 cm³/mol. The molecule has 0 aromatic carbocycles. The van der Waals surface area contributed by atoms with E-state index < -0.39 is 0 Å². The highest BCUT2D eigenvalue weighted by Gasteiger charge is 2.09. The number of aromatic nitrogens is 4. The van der Waals surface area contributed by atoms with Crippen molar-refractivity contribution < 1.29 is 0 Å². The summed E-state index contributed by atoms with van der Waals surface area (Å²) in [6.07, 6.45) is 3.05. The van der Waals surface area contributed by atoms with E-state index >= 15 is 0 Å². The SMILES string of the molecule is O=c1[nH]cnc2nc(-c3ccccn3)sc12. The molecule has 16 heavy (non-hydrogen) atoms. The van der Waals surface area contributed by atoms with E-state index in [0.717, 1.165) is 5.69 Å². The second-order valence-corrected chi connectivity index (χ2v) is 4.12. The van der Waals surface area contributed by atoms with Crippen LogP contribution in [-0.4, -0.2) is 19.9 Å². The monoisotopic (exact) mass is 230 g/mol. The summed E-state index contributed by atoms with van der Waals surface area (Å²) in [5, 5.41) is 0.708. The number of aromatic amines is 1. The van der Waals surface area contributed by atoms with Crippen LogP contribution in [0.25, 0.3) is 21.0 Å². The third kappa shape index (κ3) is 1.40. The molecule has 0 aliphatic heterocycles. The average Bonchev–Trinajstić information content (AvgIpc) is 2.76. The van der Waals surface area contributed by atoms with Crippen LogP contribution in [-0.2, 0) is 0 Å². The number of nitrogens with zero attached hydrogens (tertiary/aromatic N) is 3. The van der Waals surface area contributed by atoms with Gasteiger partial charge in [0.05, 0.1) is 12.0 Å². The van der Waals surface area contributed by atoms with Gasteiger partial charge < -0.3 is 4.98 Å². The number of hydrogen-bond acceptors (Lipinski definition) is 5. The zero-order chi connectivity index (χ0) is 11.0. The summed E-state index contributed by atoms with van der Waals surface area (Å²) in [7, 11) is 0. The molecule has 6 heteroatoms. The Bertz CT molecular complexity index is 689. The highest BCUT2D eigenvalue weighted by molar-refractivity contribution is 7.21. The van der Waals surface area contributed by atoms with Crippen molar-refractivity contribution in [2.24, 2.45) is 0 Å². The smallest absolute Gasteiger partial charge is 0.270 e. The lowest BCUT2D eigenvalue weighted by Gasteiger charge is -1.90. The Morgan fingerprint density at radius 2 is 2.19 bits per heavy atom. The number of H-pyrrole nitrogens is 1. The molecule has 3 rings (SSSR count). The van der Waals surface area contributed by atoms with Gasteiger partial charge in [0.2, 0.25) is 0 Å². The lowest BCUT2D eigenvalue weighted by Crippen LogP contribution is -2.03. The maximum Gasteiger partial charge on any atom is 0.270 e. The van der Waals surface area contributed by atoms with Gasteiger partial charge in [0.25, 0.3) is 5.56 Å². The van der Waals surface area contributed by atoms with Crippen LogP contribution < -0.4 is 5.56 Å². The van der Waals surface area contributed by atoms with E-state index in [0.29, 0.717) is 15.4 Å². The van der Waals surface area contributed by atoms with Crippen LogP contribution in [0.1, 0.15) is 0 Å². The molecule has 0 aliphatic carbocycles. The van der Waals surface area contributed by atoms with Crippen molar-refractivity contribution in [1.29, 1.82) is 0 Å². The van der Waals surface area contributed by atoms with Crippen molar-refractivity contribution in [3.63, 3.8) is 0 Å². The van der Waals surface area contributed by atoms with Crippen LogP contribution in [0, 0.1) is 0 Å². The molecule has 0 saturated heterocycles. The first kappa shape index (κ1) is 9.17. The molecule has 0 aliphatic rings. The van der Waals surface area contributed by atoms with Crippen LogP contribution in [0.15, 0.2) is 35.5 Å². The highest BCUT2D eigenvalue weighted by Crippen LogP contribution is 2.24. The normalized spacial score (nSPS) is 10.8. The predicted octanol–water partition coefficient (Wildman–Crippen LogP) is 1.44. The minimum atomic E-state index is -0.162. The van der Waals surface area contributed by atoms with Gasteiger partial charge in [-0.2, -0.15) is 0 Å². The summed E-state index contributed by atoms with van der Waals surface area (Å²) < 4.78 is 0.531. The summed E-state index contributed by atoms with van der Waals surface area (Å²) in [4.78, 5) is 26.5. The van der Waals surface area contributed by atoms with Crippen molar-refractivity contribution in [2.45, 2.75) is 0 Å². The topological polar surface area (TPSA) is 71.5 Å². The quantitative estimate of drug-likeness (QED) is 0.686. The van der Waals surface area contributed by atoms with Crippen molar-refractivity contribution in [2.75, 3.05) is 0 Å². The molecular formula is C10H6N4OS. The molecule has 0 radical (unpaired) electrons. The Hall–Kier alpha value is -2.08. The number of thiazole rings is 1. The number of pyridine rings is 1. The molecule has 78 valence electrons. The third-order valence-corrected chi connectivity index (χ3v) is 3.15. The fourth-order valence-corrected chi connectivity index (χ4v) is 2.26. The summed E-state index contributed by atoms with van der Waals surface area (Å²) in [5.41, 5.74) is 1.06. The summed E-state index contributed by atoms with van der Waals surface area (Å²) in [6.45, 7) is 0. The molecular weight excluding hydrogens is 224 g/mol. The standard InChI is InChI=1S/C10H6N4OS/c15-9-7-8(12-5-13-9)14-10(16-7)6-3-1-2-4-11-6/h1-5H,(H,12,13,15). The van der Waals surface area contributed by atoms with Crippen molar-refractivity contribution in [3.05, 3.63) is 41.1 Å². The lowest BCUT2D eigenvalue weighted by atomic mass is 10.4. The molecule has 1 N–H and O–H groups in total. The molecule has 0 spiro atoms. The Kier molecular flexibility index (Phi) is 2.00. The van der Waals surface area contributed by atoms with Gasteiger partial charge >= 0.3 is 0 Å². The number of nitrogens with one attached hydrogen (secondary N) is 1. The highest BCUT2D eigenvalue weighted by atomic mass is 32.1. The van der Waals surface area contributed by atoms with Crippen molar-refractivity contribution in [3.8, 4) is 10.7 Å². The molecule has 3 aromatic rings. The molecule has 0 saturated carbocycles. The largest absolute Gasteiger partial charge is 0.312 e. The maximum atomic E-state index is 11.5. The van der Waals surface area contributed by atoms with E-state index in [1.165, 1.54) is 17.7 Å². The molecule has 5 nitrogen and oxygen atoms in total. The van der Waals surface area contributed by atoms with E-state index in [2.05, 4.69) is 19.9 Å². The van der Waals surface area contributed by atoms with Gasteiger partial charge in [0, 0.05) is 6.20 Å². The van der Waals surface area contributed by atoms with Gasteiger partial charge in [-0.1, -0.05) is 6.07 Å². The second-order valence-electron chi connectivity index (χ2n) is 3.12. The molecule has 3 heterocycles.